The van der Waals surface area contributed by atoms with Gasteiger partial charge in [-0.3, -0.25) is 20.7 Å². The molecule has 182 valence electrons. The lowest BCUT2D eigenvalue weighted by atomic mass is 9.95. The Balaban J connectivity index is 1.67. The first-order valence-electron chi connectivity index (χ1n) is 11.4. The number of aliphatic imine (C=N–C) groups is 1. The third-order valence-corrected chi connectivity index (χ3v) is 7.32. The molecule has 0 saturated carbocycles. The number of carbonyl (C=O) groups excluding carboxylic acids is 1. The summed E-state index contributed by atoms with van der Waals surface area (Å²) in [6.07, 6.45) is 1.20. The van der Waals surface area contributed by atoms with Gasteiger partial charge >= 0.3 is 6.03 Å². The Bertz CT molecular complexity index is 1010. The lowest BCUT2D eigenvalue weighted by Crippen LogP contribution is -2.65. The van der Waals surface area contributed by atoms with Crippen molar-refractivity contribution < 1.29 is 9.18 Å². The van der Waals surface area contributed by atoms with E-state index in [1.807, 2.05) is 30.6 Å². The standard InChI is InChI=1S/C22H36FN9O/c1-8-25-18-26-9-15(23)22(24,27-18)17-14-11-32(21(5,6)16(14)28-29-17)19(33)31-12-20(3,4)30(7)10-13(31)2/h9,13H,8,10-12,24H2,1-7H3,(H,28,29)(H2,25,26,27)/t13-,22?/m0/s1. The Morgan fingerprint density at radius 3 is 2.73 bits per heavy atom. The molecule has 1 unspecified atom stereocenters. The molecule has 4 rings (SSSR count). The topological polar surface area (TPSA) is 118 Å². The fourth-order valence-corrected chi connectivity index (χ4v) is 4.94. The van der Waals surface area contributed by atoms with Crippen LogP contribution in [0.15, 0.2) is 17.0 Å². The zero-order valence-electron chi connectivity index (χ0n) is 20.6. The van der Waals surface area contributed by atoms with Crippen molar-refractivity contribution in [2.45, 2.75) is 70.9 Å². The average Bonchev–Trinajstić information content (AvgIpc) is 3.27. The summed E-state index contributed by atoms with van der Waals surface area (Å²) in [6, 6.07) is 0.0285. The first-order chi connectivity index (χ1) is 15.3. The highest BCUT2D eigenvalue weighted by atomic mass is 19.1. The first kappa shape index (κ1) is 23.5. The number of H-pyrrole nitrogens is 1. The molecule has 3 aliphatic heterocycles. The van der Waals surface area contributed by atoms with E-state index in [0.29, 0.717) is 24.7 Å². The van der Waals surface area contributed by atoms with E-state index in [4.69, 9.17) is 5.73 Å². The Morgan fingerprint density at radius 2 is 2.06 bits per heavy atom. The molecule has 10 nitrogen and oxygen atoms in total. The van der Waals surface area contributed by atoms with Gasteiger partial charge in [-0.05, 0) is 48.6 Å². The van der Waals surface area contributed by atoms with Gasteiger partial charge in [0, 0.05) is 43.0 Å². The van der Waals surface area contributed by atoms with Crippen LogP contribution < -0.4 is 16.4 Å². The number of guanidine groups is 1. The molecule has 2 atom stereocenters. The first-order valence-corrected chi connectivity index (χ1v) is 11.4. The second kappa shape index (κ2) is 7.69. The Hall–Kier alpha value is -2.66. The number of hydrogen-bond acceptors (Lipinski definition) is 5. The van der Waals surface area contributed by atoms with Crippen molar-refractivity contribution in [3.8, 4) is 0 Å². The molecule has 4 heterocycles. The van der Waals surface area contributed by atoms with Crippen LogP contribution in [-0.2, 0) is 17.7 Å². The molecule has 11 heteroatoms. The van der Waals surface area contributed by atoms with Gasteiger partial charge in [-0.15, -0.1) is 0 Å². The lowest BCUT2D eigenvalue weighted by Gasteiger charge is -2.50. The zero-order chi connectivity index (χ0) is 24.3. The minimum atomic E-state index is -1.68. The third kappa shape index (κ3) is 3.57. The van der Waals surface area contributed by atoms with Crippen molar-refractivity contribution >= 4 is 12.0 Å². The number of fused-ring (bicyclic) bond motifs is 1. The smallest absolute Gasteiger partial charge is 0.321 e. The number of aromatic nitrogens is 2. The quantitative estimate of drug-likeness (QED) is 0.530. The summed E-state index contributed by atoms with van der Waals surface area (Å²) in [4.78, 5) is 24.1. The second-order valence-corrected chi connectivity index (χ2v) is 10.4. The van der Waals surface area contributed by atoms with Gasteiger partial charge in [0.25, 0.3) is 0 Å². The van der Waals surface area contributed by atoms with E-state index in [1.54, 1.807) is 0 Å². The van der Waals surface area contributed by atoms with E-state index in [1.165, 1.54) is 6.20 Å². The van der Waals surface area contributed by atoms with E-state index in [2.05, 4.69) is 58.5 Å². The number of amides is 2. The predicted molar refractivity (Wildman–Crippen MR) is 125 cm³/mol. The van der Waals surface area contributed by atoms with Crippen LogP contribution in [0, 0.1) is 0 Å². The van der Waals surface area contributed by atoms with Crippen LogP contribution in [0.1, 0.15) is 58.5 Å². The number of nitrogens with two attached hydrogens (primary N) is 1. The Labute approximate surface area is 194 Å². The molecule has 0 aromatic carbocycles. The molecule has 0 aliphatic carbocycles. The second-order valence-electron chi connectivity index (χ2n) is 10.4. The van der Waals surface area contributed by atoms with Crippen molar-refractivity contribution in [3.63, 3.8) is 0 Å². The number of likely N-dealkylation sites (N-methyl/N-ethyl adjacent to an activating group) is 1. The molecule has 1 aromatic rings. The monoisotopic (exact) mass is 461 g/mol. The number of piperazine rings is 1. The van der Waals surface area contributed by atoms with Crippen molar-refractivity contribution in [2.75, 3.05) is 26.7 Å². The van der Waals surface area contributed by atoms with Crippen LogP contribution >= 0.6 is 0 Å². The maximum absolute atomic E-state index is 15.0. The van der Waals surface area contributed by atoms with E-state index in [-0.39, 0.29) is 24.2 Å². The van der Waals surface area contributed by atoms with Gasteiger partial charge in [-0.1, -0.05) is 0 Å². The lowest BCUT2D eigenvalue weighted by molar-refractivity contribution is 0.00688. The highest BCUT2D eigenvalue weighted by Gasteiger charge is 2.51. The largest absolute Gasteiger partial charge is 0.330 e. The molecule has 1 saturated heterocycles. The molecule has 5 N–H and O–H groups in total. The van der Waals surface area contributed by atoms with Crippen molar-refractivity contribution in [3.05, 3.63) is 29.0 Å². The average molecular weight is 462 g/mol. The van der Waals surface area contributed by atoms with Gasteiger partial charge in [0.15, 0.2) is 17.4 Å². The van der Waals surface area contributed by atoms with Gasteiger partial charge < -0.3 is 20.4 Å². The van der Waals surface area contributed by atoms with E-state index >= 15 is 0 Å². The molecule has 0 bridgehead atoms. The van der Waals surface area contributed by atoms with Gasteiger partial charge in [-0.25, -0.2) is 9.18 Å². The van der Waals surface area contributed by atoms with Gasteiger partial charge in [-0.2, -0.15) is 5.10 Å². The minimum absolute atomic E-state index is 0.0437. The Morgan fingerprint density at radius 1 is 1.36 bits per heavy atom. The SMILES string of the molecule is CCN=C1NC=C(F)C(N)(c2n[nH]c3c2CN(C(=O)N2CC(C)(C)N(C)C[C@@H]2C)C3(C)C)N1. The Kier molecular flexibility index (Phi) is 5.48. The van der Waals surface area contributed by atoms with Crippen LogP contribution in [0.25, 0.3) is 0 Å². The number of aromatic amines is 1. The van der Waals surface area contributed by atoms with Crippen molar-refractivity contribution in [2.24, 2.45) is 10.7 Å². The molecule has 1 aromatic heterocycles. The molecule has 3 aliphatic rings. The zero-order valence-corrected chi connectivity index (χ0v) is 20.6. The molecule has 0 radical (unpaired) electrons. The third-order valence-electron chi connectivity index (χ3n) is 7.32. The summed E-state index contributed by atoms with van der Waals surface area (Å²) in [5.74, 6) is -0.235. The maximum Gasteiger partial charge on any atom is 0.321 e. The molecule has 2 amide bonds. The number of hydrogen-bond donors (Lipinski definition) is 4. The van der Waals surface area contributed by atoms with Crippen LogP contribution in [0.5, 0.6) is 0 Å². The number of rotatable bonds is 2. The van der Waals surface area contributed by atoms with Crippen LogP contribution in [0.3, 0.4) is 0 Å². The van der Waals surface area contributed by atoms with Gasteiger partial charge in [0.1, 0.15) is 5.69 Å². The van der Waals surface area contributed by atoms with E-state index < -0.39 is 17.0 Å². The van der Waals surface area contributed by atoms with Crippen LogP contribution in [0.2, 0.25) is 0 Å². The normalized spacial score (nSPS) is 30.0. The highest BCUT2D eigenvalue weighted by molar-refractivity contribution is 5.83. The number of nitrogens with one attached hydrogen (secondary N) is 3. The predicted octanol–water partition coefficient (Wildman–Crippen LogP) is 1.49. The van der Waals surface area contributed by atoms with Crippen molar-refractivity contribution in [1.29, 1.82) is 0 Å². The summed E-state index contributed by atoms with van der Waals surface area (Å²) >= 11 is 0. The number of carbonyl (C=O) groups is 1. The summed E-state index contributed by atoms with van der Waals surface area (Å²) in [6.45, 7) is 14.4. The summed E-state index contributed by atoms with van der Waals surface area (Å²) < 4.78 is 15.0. The number of nitrogens with zero attached hydrogens (tertiary/aromatic N) is 5. The van der Waals surface area contributed by atoms with Gasteiger partial charge in [0.2, 0.25) is 0 Å². The minimum Gasteiger partial charge on any atom is -0.330 e. The fourth-order valence-electron chi connectivity index (χ4n) is 4.94. The number of halogens is 1. The van der Waals surface area contributed by atoms with Crippen LogP contribution in [-0.4, -0.2) is 75.2 Å². The molecule has 33 heavy (non-hydrogen) atoms. The van der Waals surface area contributed by atoms with Crippen molar-refractivity contribution in [1.82, 2.24) is 35.5 Å². The molecule has 0 spiro atoms. The summed E-state index contributed by atoms with van der Waals surface area (Å²) in [7, 11) is 2.09. The van der Waals surface area contributed by atoms with Crippen LogP contribution in [0.4, 0.5) is 9.18 Å². The highest BCUT2D eigenvalue weighted by Crippen LogP contribution is 2.43. The van der Waals surface area contributed by atoms with E-state index in [9.17, 15) is 9.18 Å². The fraction of sp³-hybridized carbons (Fsp3) is 0.682. The molecule has 1 fully saturated rings. The van der Waals surface area contributed by atoms with Gasteiger partial charge in [0.05, 0.1) is 17.8 Å². The number of urea groups is 1. The molecular formula is C22H36FN9O. The van der Waals surface area contributed by atoms with E-state index in [0.717, 1.165) is 17.8 Å². The maximum atomic E-state index is 15.0. The molecular weight excluding hydrogens is 425 g/mol. The summed E-state index contributed by atoms with van der Waals surface area (Å²) in [5, 5.41) is 13.1. The summed E-state index contributed by atoms with van der Waals surface area (Å²) in [5.41, 5.74) is 5.86.